The first kappa shape index (κ1) is 21.1. The molecule has 1 aromatic carbocycles. The summed E-state index contributed by atoms with van der Waals surface area (Å²) in [5, 5.41) is 10.4. The van der Waals surface area contributed by atoms with Crippen molar-refractivity contribution in [2.24, 2.45) is 0 Å². The molecule has 2 aliphatic heterocycles. The number of aliphatic hydroxyl groups is 1. The Morgan fingerprint density at radius 1 is 1.29 bits per heavy atom. The Bertz CT molecular complexity index is 677. The quantitative estimate of drug-likeness (QED) is 0.807. The molecule has 5 heteroatoms. The number of likely N-dealkylation sites (tertiary alicyclic amines) is 1. The lowest BCUT2D eigenvalue weighted by atomic mass is 9.78. The fourth-order valence-corrected chi connectivity index (χ4v) is 4.59. The molecule has 1 aromatic rings. The van der Waals surface area contributed by atoms with Crippen molar-refractivity contribution in [1.82, 2.24) is 4.90 Å². The molecule has 3 rings (SSSR count). The Morgan fingerprint density at radius 2 is 2.04 bits per heavy atom. The second kappa shape index (κ2) is 8.83. The van der Waals surface area contributed by atoms with Gasteiger partial charge in [-0.25, -0.2) is 0 Å². The van der Waals surface area contributed by atoms with E-state index in [0.717, 1.165) is 50.1 Å². The number of carbonyl (C=O) groups excluding carboxylic acids is 1. The monoisotopic (exact) mass is 389 g/mol. The summed E-state index contributed by atoms with van der Waals surface area (Å²) in [6.45, 7) is 8.71. The smallest absolute Gasteiger partial charge is 0.222 e. The molecule has 1 spiro atoms. The standard InChI is InChI=1S/C23H35NO4/c1-4-27-20-9-8-19(16-18(20)2)6-5-7-21(25)24-13-10-23(11-14-24)17-22(3,26)12-15-28-23/h8-9,16,26H,4-7,10-15,17H2,1-3H3. The van der Waals surface area contributed by atoms with Crippen LogP contribution >= 0.6 is 0 Å². The van der Waals surface area contributed by atoms with E-state index in [1.54, 1.807) is 0 Å². The SMILES string of the molecule is CCOc1ccc(CCCC(=O)N2CCC3(CC2)CC(C)(O)CCO3)cc1C. The van der Waals surface area contributed by atoms with Crippen LogP contribution in [0.5, 0.6) is 5.75 Å². The van der Waals surface area contributed by atoms with Crippen molar-refractivity contribution in [3.05, 3.63) is 29.3 Å². The van der Waals surface area contributed by atoms with Crippen LogP contribution in [-0.4, -0.2) is 53.4 Å². The summed E-state index contributed by atoms with van der Waals surface area (Å²) >= 11 is 0. The van der Waals surface area contributed by atoms with Crippen LogP contribution in [0.15, 0.2) is 18.2 Å². The molecule has 1 amide bonds. The van der Waals surface area contributed by atoms with E-state index in [4.69, 9.17) is 9.47 Å². The second-order valence-electron chi connectivity index (χ2n) is 8.72. The fraction of sp³-hybridized carbons (Fsp3) is 0.696. The minimum absolute atomic E-state index is 0.236. The van der Waals surface area contributed by atoms with E-state index in [2.05, 4.69) is 19.1 Å². The van der Waals surface area contributed by atoms with E-state index in [9.17, 15) is 9.90 Å². The molecule has 0 saturated carbocycles. The molecule has 2 heterocycles. The van der Waals surface area contributed by atoms with Gasteiger partial charge in [-0.1, -0.05) is 12.1 Å². The van der Waals surface area contributed by atoms with E-state index in [1.807, 2.05) is 24.8 Å². The van der Waals surface area contributed by atoms with E-state index in [-0.39, 0.29) is 11.5 Å². The lowest BCUT2D eigenvalue weighted by molar-refractivity contribution is -0.175. The van der Waals surface area contributed by atoms with Gasteiger partial charge in [0.25, 0.3) is 0 Å². The Balaban J connectivity index is 1.43. The number of piperidine rings is 1. The Kier molecular flexibility index (Phi) is 6.66. The largest absolute Gasteiger partial charge is 0.494 e. The molecule has 0 bridgehead atoms. The molecule has 0 radical (unpaired) electrons. The number of hydrogen-bond acceptors (Lipinski definition) is 4. The van der Waals surface area contributed by atoms with Crippen molar-refractivity contribution in [1.29, 1.82) is 0 Å². The average Bonchev–Trinajstić information content (AvgIpc) is 2.63. The van der Waals surface area contributed by atoms with Crippen LogP contribution in [0.4, 0.5) is 0 Å². The minimum Gasteiger partial charge on any atom is -0.494 e. The maximum atomic E-state index is 12.6. The Hall–Kier alpha value is -1.59. The van der Waals surface area contributed by atoms with Crippen molar-refractivity contribution in [3.8, 4) is 5.75 Å². The van der Waals surface area contributed by atoms with Crippen molar-refractivity contribution in [2.75, 3.05) is 26.3 Å². The van der Waals surface area contributed by atoms with Crippen molar-refractivity contribution < 1.29 is 19.4 Å². The van der Waals surface area contributed by atoms with Gasteiger partial charge < -0.3 is 19.5 Å². The maximum absolute atomic E-state index is 12.6. The molecule has 2 saturated heterocycles. The third-order valence-corrected chi connectivity index (χ3v) is 6.17. The first-order valence-electron chi connectivity index (χ1n) is 10.7. The van der Waals surface area contributed by atoms with Crippen LogP contribution < -0.4 is 4.74 Å². The van der Waals surface area contributed by atoms with E-state index >= 15 is 0 Å². The molecule has 1 N–H and O–H groups in total. The summed E-state index contributed by atoms with van der Waals surface area (Å²) in [5.74, 6) is 1.17. The number of ether oxygens (including phenoxy) is 2. The lowest BCUT2D eigenvalue weighted by Crippen LogP contribution is -2.54. The minimum atomic E-state index is -0.639. The highest BCUT2D eigenvalue weighted by Gasteiger charge is 2.44. The van der Waals surface area contributed by atoms with Gasteiger partial charge in [0.2, 0.25) is 5.91 Å². The molecule has 1 atom stereocenters. The van der Waals surface area contributed by atoms with Gasteiger partial charge in [-0.2, -0.15) is 0 Å². The first-order chi connectivity index (χ1) is 13.3. The van der Waals surface area contributed by atoms with Crippen LogP contribution in [-0.2, 0) is 16.0 Å². The van der Waals surface area contributed by atoms with Crippen molar-refractivity contribution in [2.45, 2.75) is 76.9 Å². The molecule has 28 heavy (non-hydrogen) atoms. The number of benzene rings is 1. The number of rotatable bonds is 6. The zero-order valence-corrected chi connectivity index (χ0v) is 17.6. The van der Waals surface area contributed by atoms with Gasteiger partial charge in [-0.05, 0) is 70.1 Å². The summed E-state index contributed by atoms with van der Waals surface area (Å²) in [4.78, 5) is 14.6. The van der Waals surface area contributed by atoms with E-state index < -0.39 is 5.60 Å². The zero-order valence-electron chi connectivity index (χ0n) is 17.6. The molecule has 5 nitrogen and oxygen atoms in total. The van der Waals surface area contributed by atoms with E-state index in [1.165, 1.54) is 5.56 Å². The molecule has 156 valence electrons. The van der Waals surface area contributed by atoms with Gasteiger partial charge in [-0.3, -0.25) is 4.79 Å². The molecule has 2 fully saturated rings. The van der Waals surface area contributed by atoms with Gasteiger partial charge in [0.05, 0.1) is 24.4 Å². The maximum Gasteiger partial charge on any atom is 0.222 e. The average molecular weight is 390 g/mol. The summed E-state index contributed by atoms with van der Waals surface area (Å²) in [5.41, 5.74) is 1.53. The topological polar surface area (TPSA) is 59.0 Å². The van der Waals surface area contributed by atoms with Crippen LogP contribution in [0.2, 0.25) is 0 Å². The molecule has 0 aromatic heterocycles. The van der Waals surface area contributed by atoms with Gasteiger partial charge in [0.15, 0.2) is 0 Å². The van der Waals surface area contributed by atoms with Gasteiger partial charge in [-0.15, -0.1) is 0 Å². The summed E-state index contributed by atoms with van der Waals surface area (Å²) in [6, 6.07) is 6.28. The van der Waals surface area contributed by atoms with Crippen LogP contribution in [0.3, 0.4) is 0 Å². The third kappa shape index (κ3) is 5.26. The fourth-order valence-electron chi connectivity index (χ4n) is 4.59. The van der Waals surface area contributed by atoms with Crippen LogP contribution in [0.25, 0.3) is 0 Å². The highest BCUT2D eigenvalue weighted by atomic mass is 16.5. The number of carbonyl (C=O) groups is 1. The number of nitrogens with zero attached hydrogens (tertiary/aromatic N) is 1. The summed E-state index contributed by atoms with van der Waals surface area (Å²) in [7, 11) is 0. The first-order valence-corrected chi connectivity index (χ1v) is 10.7. The molecule has 1 unspecified atom stereocenters. The molecule has 2 aliphatic rings. The number of amides is 1. The normalized spacial score (nSPS) is 24.4. The number of hydrogen-bond donors (Lipinski definition) is 1. The second-order valence-corrected chi connectivity index (χ2v) is 8.72. The molecule has 0 aliphatic carbocycles. The zero-order chi connectivity index (χ0) is 20.2. The van der Waals surface area contributed by atoms with Gasteiger partial charge in [0.1, 0.15) is 5.75 Å². The Labute approximate surface area is 169 Å². The predicted octanol–water partition coefficient (Wildman–Crippen LogP) is 3.64. The van der Waals surface area contributed by atoms with Gasteiger partial charge in [0, 0.05) is 25.9 Å². The highest BCUT2D eigenvalue weighted by Crippen LogP contribution is 2.39. The Morgan fingerprint density at radius 3 is 2.68 bits per heavy atom. The van der Waals surface area contributed by atoms with Crippen LogP contribution in [0.1, 0.15) is 63.5 Å². The molecular weight excluding hydrogens is 354 g/mol. The van der Waals surface area contributed by atoms with Crippen molar-refractivity contribution >= 4 is 5.91 Å². The van der Waals surface area contributed by atoms with Crippen LogP contribution in [0, 0.1) is 6.92 Å². The van der Waals surface area contributed by atoms with Gasteiger partial charge >= 0.3 is 0 Å². The number of aryl methyl sites for hydroxylation is 2. The highest BCUT2D eigenvalue weighted by molar-refractivity contribution is 5.76. The van der Waals surface area contributed by atoms with E-state index in [0.29, 0.717) is 32.5 Å². The third-order valence-electron chi connectivity index (χ3n) is 6.17. The molecular formula is C23H35NO4. The predicted molar refractivity (Wildman–Crippen MR) is 110 cm³/mol. The summed E-state index contributed by atoms with van der Waals surface area (Å²) < 4.78 is 11.6. The van der Waals surface area contributed by atoms with Crippen molar-refractivity contribution in [3.63, 3.8) is 0 Å². The lowest BCUT2D eigenvalue weighted by Gasteiger charge is -2.48. The summed E-state index contributed by atoms with van der Waals surface area (Å²) in [6.07, 6.45) is 5.38.